The molecule has 0 unspecified atom stereocenters. The van der Waals surface area contributed by atoms with Crippen molar-refractivity contribution in [2.24, 2.45) is 0 Å². The molecule has 0 spiro atoms. The monoisotopic (exact) mass is 713 g/mol. The average molecular weight is 715 g/mol. The molecular formula is C37H43BrF3N3O3. The highest BCUT2D eigenvalue weighted by atomic mass is 79.9. The van der Waals surface area contributed by atoms with Crippen molar-refractivity contribution in [1.29, 1.82) is 0 Å². The highest BCUT2D eigenvalue weighted by Gasteiger charge is 2.30. The number of oxazole rings is 1. The average Bonchev–Trinajstić information content (AvgIpc) is 3.44. The second kappa shape index (κ2) is 16.8. The van der Waals surface area contributed by atoms with Gasteiger partial charge < -0.3 is 35.9 Å². The summed E-state index contributed by atoms with van der Waals surface area (Å²) in [5.74, 6) is 1.06. The number of rotatable bonds is 16. The summed E-state index contributed by atoms with van der Waals surface area (Å²) in [6.07, 6.45) is 3.21. The zero-order chi connectivity index (χ0) is 33.3. The number of unbranched alkanes of at least 4 members (excludes halogenated alkanes) is 1. The fourth-order valence-corrected chi connectivity index (χ4v) is 5.32. The molecule has 0 aliphatic rings. The molecule has 0 radical (unpaired) electrons. The summed E-state index contributed by atoms with van der Waals surface area (Å²) in [7, 11) is 4.09. The first-order chi connectivity index (χ1) is 21.9. The molecule has 0 atom stereocenters. The molecule has 0 fully saturated rings. The smallest absolute Gasteiger partial charge is 0.416 e. The van der Waals surface area contributed by atoms with E-state index < -0.39 is 11.7 Å². The van der Waals surface area contributed by atoms with E-state index in [9.17, 15) is 18.0 Å². The fourth-order valence-electron chi connectivity index (χ4n) is 5.32. The summed E-state index contributed by atoms with van der Waals surface area (Å²) in [5, 5.41) is 2.99. The molecule has 0 bridgehead atoms. The Morgan fingerprint density at radius 2 is 1.70 bits per heavy atom. The summed E-state index contributed by atoms with van der Waals surface area (Å²) < 4.78 is 52.3. The number of hydrogen-bond acceptors (Lipinski definition) is 4. The molecule has 1 N–H and O–H groups in total. The molecule has 252 valence electrons. The Morgan fingerprint density at radius 1 is 1.00 bits per heavy atom. The number of carbonyl (C=O) groups is 1. The highest BCUT2D eigenvalue weighted by molar-refractivity contribution is 5.92. The van der Waals surface area contributed by atoms with Crippen molar-refractivity contribution >= 4 is 17.0 Å². The summed E-state index contributed by atoms with van der Waals surface area (Å²) in [5.41, 5.74) is 4.52. The van der Waals surface area contributed by atoms with Crippen molar-refractivity contribution in [2.45, 2.75) is 45.2 Å². The van der Waals surface area contributed by atoms with Gasteiger partial charge in [-0.15, -0.1) is 13.2 Å². The van der Waals surface area contributed by atoms with E-state index in [4.69, 9.17) is 9.15 Å². The van der Waals surface area contributed by atoms with Gasteiger partial charge in [-0.3, -0.25) is 4.79 Å². The molecule has 0 saturated heterocycles. The van der Waals surface area contributed by atoms with E-state index in [1.54, 1.807) is 6.08 Å². The third kappa shape index (κ3) is 10.3. The Bertz CT molecular complexity index is 1660. The molecule has 1 heterocycles. The maximum absolute atomic E-state index is 13.1. The predicted molar refractivity (Wildman–Crippen MR) is 178 cm³/mol. The lowest BCUT2D eigenvalue weighted by Gasteiger charge is -2.29. The van der Waals surface area contributed by atoms with E-state index in [0.29, 0.717) is 53.7 Å². The minimum Gasteiger partial charge on any atom is -1.00 e. The van der Waals surface area contributed by atoms with Crippen molar-refractivity contribution in [3.05, 3.63) is 96.6 Å². The zero-order valence-corrected chi connectivity index (χ0v) is 28.8. The number of halogens is 4. The SMILES string of the molecule is C=CCc1cc(-c2ccc(OCCC[N+](C)(C)CC(=O)NCCCC)c(CC=C)c2)c2oc(-c3ccc(C(F)(F)F)cc3)nc2c1.[Br-]. The molecule has 4 rings (SSSR count). The number of alkyl halides is 3. The van der Waals surface area contributed by atoms with Gasteiger partial charge in [0.2, 0.25) is 5.89 Å². The quantitative estimate of drug-likeness (QED) is 0.0960. The molecule has 10 heteroatoms. The molecule has 3 aromatic carbocycles. The maximum Gasteiger partial charge on any atom is 0.416 e. The Balaban J connectivity index is 0.00000600. The second-order valence-electron chi connectivity index (χ2n) is 12.1. The molecule has 47 heavy (non-hydrogen) atoms. The van der Waals surface area contributed by atoms with Crippen LogP contribution < -0.4 is 27.0 Å². The molecule has 1 aromatic heterocycles. The number of aromatic nitrogens is 1. The minimum atomic E-state index is -4.42. The number of hydrogen-bond donors (Lipinski definition) is 1. The number of nitrogens with zero attached hydrogens (tertiary/aromatic N) is 2. The first kappa shape index (κ1) is 37.6. The maximum atomic E-state index is 13.1. The Hall–Kier alpha value is -3.89. The number of benzene rings is 3. The number of ether oxygens (including phenoxy) is 1. The fraction of sp³-hybridized carbons (Fsp3) is 0.351. The van der Waals surface area contributed by atoms with E-state index in [1.165, 1.54) is 12.1 Å². The van der Waals surface area contributed by atoms with E-state index in [0.717, 1.165) is 65.9 Å². The number of quaternary nitrogens is 1. The molecule has 0 aliphatic carbocycles. The Kier molecular flexibility index (Phi) is 13.4. The standard InChI is InChI=1S/C37H42F3N3O3.BrH/c1-6-9-19-41-34(44)25-43(4,5)20-10-21-45-33-18-15-28(24-29(33)12-8-3)31-22-26(11-7-2)23-32-35(31)46-36(42-32)27-13-16-30(17-14-27)37(38,39)40;/h7-8,13-18,22-24H,2-3,6,9-12,19-21,25H2,1,4-5H3;1H. The van der Waals surface area contributed by atoms with Crippen LogP contribution in [-0.2, 0) is 23.8 Å². The first-order valence-electron chi connectivity index (χ1n) is 15.6. The van der Waals surface area contributed by atoms with E-state index >= 15 is 0 Å². The molecule has 0 aliphatic heterocycles. The molecule has 6 nitrogen and oxygen atoms in total. The van der Waals surface area contributed by atoms with Crippen LogP contribution in [0, 0.1) is 0 Å². The zero-order valence-electron chi connectivity index (χ0n) is 27.3. The third-order valence-corrected chi connectivity index (χ3v) is 7.71. The van der Waals surface area contributed by atoms with Crippen LogP contribution in [0.5, 0.6) is 5.75 Å². The van der Waals surface area contributed by atoms with Crippen LogP contribution in [0.25, 0.3) is 33.7 Å². The number of allylic oxidation sites excluding steroid dienone is 2. The lowest BCUT2D eigenvalue weighted by Crippen LogP contribution is -3.00. The van der Waals surface area contributed by atoms with Crippen LogP contribution in [0.3, 0.4) is 0 Å². The van der Waals surface area contributed by atoms with Gasteiger partial charge in [0, 0.05) is 24.1 Å². The van der Waals surface area contributed by atoms with Gasteiger partial charge in [-0.1, -0.05) is 31.6 Å². The molecular weight excluding hydrogens is 671 g/mol. The summed E-state index contributed by atoms with van der Waals surface area (Å²) in [4.78, 5) is 16.9. The number of nitrogens with one attached hydrogen (secondary N) is 1. The number of fused-ring (bicyclic) bond motifs is 1. The molecule has 1 amide bonds. The van der Waals surface area contributed by atoms with Gasteiger partial charge in [-0.25, -0.2) is 4.98 Å². The lowest BCUT2D eigenvalue weighted by atomic mass is 9.97. The number of amides is 1. The first-order valence-corrected chi connectivity index (χ1v) is 15.6. The van der Waals surface area contributed by atoms with E-state index in [2.05, 4.69) is 30.4 Å². The number of carbonyl (C=O) groups excluding carboxylic acids is 1. The molecule has 4 aromatic rings. The third-order valence-electron chi connectivity index (χ3n) is 7.71. The summed E-state index contributed by atoms with van der Waals surface area (Å²) in [6, 6.07) is 14.7. The van der Waals surface area contributed by atoms with Crippen molar-refractivity contribution in [3.63, 3.8) is 0 Å². The van der Waals surface area contributed by atoms with Gasteiger partial charge in [0.15, 0.2) is 12.1 Å². The normalized spacial score (nSPS) is 11.6. The van der Waals surface area contributed by atoms with Crippen molar-refractivity contribution < 1.29 is 48.6 Å². The largest absolute Gasteiger partial charge is 1.00 e. The van der Waals surface area contributed by atoms with Crippen molar-refractivity contribution in [3.8, 4) is 28.3 Å². The van der Waals surface area contributed by atoms with Gasteiger partial charge >= 0.3 is 6.18 Å². The van der Waals surface area contributed by atoms with E-state index in [-0.39, 0.29) is 28.8 Å². The summed E-state index contributed by atoms with van der Waals surface area (Å²) >= 11 is 0. The highest BCUT2D eigenvalue weighted by Crippen LogP contribution is 2.37. The number of likely N-dealkylation sites (N-methyl/N-ethyl adjacent to an activating group) is 1. The van der Waals surface area contributed by atoms with Gasteiger partial charge in [0.05, 0.1) is 32.8 Å². The van der Waals surface area contributed by atoms with Crippen molar-refractivity contribution in [2.75, 3.05) is 40.3 Å². The van der Waals surface area contributed by atoms with E-state index in [1.807, 2.05) is 50.5 Å². The van der Waals surface area contributed by atoms with Crippen LogP contribution >= 0.6 is 0 Å². The Morgan fingerprint density at radius 3 is 2.36 bits per heavy atom. The van der Waals surface area contributed by atoms with Crippen LogP contribution in [0.2, 0.25) is 0 Å². The topological polar surface area (TPSA) is 64.4 Å². The Labute approximate surface area is 285 Å². The van der Waals surface area contributed by atoms with Crippen LogP contribution in [0.1, 0.15) is 42.9 Å². The van der Waals surface area contributed by atoms with Gasteiger partial charge in [0.1, 0.15) is 11.3 Å². The van der Waals surface area contributed by atoms with Crippen LogP contribution in [0.15, 0.2) is 84.3 Å². The van der Waals surface area contributed by atoms with Gasteiger partial charge in [-0.2, -0.15) is 13.2 Å². The van der Waals surface area contributed by atoms with Gasteiger partial charge in [0.25, 0.3) is 5.91 Å². The lowest BCUT2D eigenvalue weighted by molar-refractivity contribution is -0.882. The molecule has 0 saturated carbocycles. The predicted octanol–water partition coefficient (Wildman–Crippen LogP) is 5.40. The van der Waals surface area contributed by atoms with Crippen molar-refractivity contribution in [1.82, 2.24) is 10.3 Å². The van der Waals surface area contributed by atoms with Gasteiger partial charge in [-0.05, 0) is 84.5 Å². The van der Waals surface area contributed by atoms with Crippen LogP contribution in [-0.4, -0.2) is 55.7 Å². The minimum absolute atomic E-state index is 0. The summed E-state index contributed by atoms with van der Waals surface area (Å²) in [6.45, 7) is 12.3. The second-order valence-corrected chi connectivity index (χ2v) is 12.1. The van der Waals surface area contributed by atoms with Crippen LogP contribution in [0.4, 0.5) is 13.2 Å².